The van der Waals surface area contributed by atoms with Crippen molar-refractivity contribution in [3.63, 3.8) is 0 Å². The van der Waals surface area contributed by atoms with Crippen LogP contribution in [0.5, 0.6) is 0 Å². The summed E-state index contributed by atoms with van der Waals surface area (Å²) in [5, 5.41) is 3.34. The van der Waals surface area contributed by atoms with E-state index in [9.17, 15) is 9.59 Å². The highest BCUT2D eigenvalue weighted by Crippen LogP contribution is 2.23. The number of piperidine rings is 2. The smallest absolute Gasteiger partial charge is 0.320 e. The van der Waals surface area contributed by atoms with Gasteiger partial charge in [-0.1, -0.05) is 0 Å². The van der Waals surface area contributed by atoms with Crippen molar-refractivity contribution in [2.24, 2.45) is 5.92 Å². The summed E-state index contributed by atoms with van der Waals surface area (Å²) in [5.41, 5.74) is 0. The second-order valence-electron chi connectivity index (χ2n) is 7.19. The standard InChI is InChI=1S/C17H30N4O2.ClH/c1-19(15-6-8-18-9-7-15)16(22)14-5-4-12-21(13-14)17(23)20-10-2-3-11-20;/h14-15,18H,2-13H2,1H3;1H. The van der Waals surface area contributed by atoms with E-state index in [-0.39, 0.29) is 30.3 Å². The van der Waals surface area contributed by atoms with Gasteiger partial charge in [0.05, 0.1) is 5.92 Å². The molecule has 1 N–H and O–H groups in total. The van der Waals surface area contributed by atoms with E-state index in [4.69, 9.17) is 0 Å². The molecule has 3 heterocycles. The van der Waals surface area contributed by atoms with Crippen molar-refractivity contribution in [2.75, 3.05) is 46.3 Å². The fourth-order valence-electron chi connectivity index (χ4n) is 4.12. The molecular formula is C17H31ClN4O2. The van der Waals surface area contributed by atoms with Crippen LogP contribution in [0.2, 0.25) is 0 Å². The number of nitrogens with zero attached hydrogens (tertiary/aromatic N) is 3. The SMILES string of the molecule is CN(C(=O)C1CCCN(C(=O)N2CCCC2)C1)C1CCNCC1.Cl. The highest BCUT2D eigenvalue weighted by molar-refractivity contribution is 5.85. The summed E-state index contributed by atoms with van der Waals surface area (Å²) in [7, 11) is 1.94. The Bertz CT molecular complexity index is 436. The van der Waals surface area contributed by atoms with Crippen molar-refractivity contribution in [1.29, 1.82) is 0 Å². The maximum absolute atomic E-state index is 12.8. The summed E-state index contributed by atoms with van der Waals surface area (Å²) < 4.78 is 0. The summed E-state index contributed by atoms with van der Waals surface area (Å²) in [6.07, 6.45) is 6.14. The number of hydrogen-bond donors (Lipinski definition) is 1. The van der Waals surface area contributed by atoms with Crippen molar-refractivity contribution in [3.05, 3.63) is 0 Å². The molecule has 24 heavy (non-hydrogen) atoms. The molecule has 0 radical (unpaired) electrons. The van der Waals surface area contributed by atoms with Crippen molar-refractivity contribution >= 4 is 24.3 Å². The Balaban J connectivity index is 0.00000208. The molecule has 3 saturated heterocycles. The van der Waals surface area contributed by atoms with Gasteiger partial charge in [0.25, 0.3) is 0 Å². The Morgan fingerprint density at radius 1 is 0.958 bits per heavy atom. The fourth-order valence-corrected chi connectivity index (χ4v) is 4.12. The van der Waals surface area contributed by atoms with E-state index in [0.29, 0.717) is 12.6 Å². The zero-order valence-corrected chi connectivity index (χ0v) is 15.5. The van der Waals surface area contributed by atoms with E-state index in [0.717, 1.165) is 71.2 Å². The zero-order chi connectivity index (χ0) is 16.2. The molecule has 3 aliphatic heterocycles. The summed E-state index contributed by atoms with van der Waals surface area (Å²) in [5.74, 6) is 0.214. The Kier molecular flexibility index (Phi) is 7.16. The van der Waals surface area contributed by atoms with Crippen molar-refractivity contribution in [3.8, 4) is 0 Å². The molecule has 0 aromatic rings. The summed E-state index contributed by atoms with van der Waals surface area (Å²) >= 11 is 0. The van der Waals surface area contributed by atoms with Gasteiger partial charge in [-0.05, 0) is 51.6 Å². The van der Waals surface area contributed by atoms with Crippen molar-refractivity contribution in [2.45, 2.75) is 44.6 Å². The summed E-state index contributed by atoms with van der Waals surface area (Å²) in [6, 6.07) is 0.498. The van der Waals surface area contributed by atoms with Crippen LogP contribution in [0.1, 0.15) is 38.5 Å². The second kappa shape index (κ2) is 8.90. The highest BCUT2D eigenvalue weighted by atomic mass is 35.5. The first-order valence-corrected chi connectivity index (χ1v) is 9.18. The third-order valence-corrected chi connectivity index (χ3v) is 5.62. The van der Waals surface area contributed by atoms with E-state index in [1.807, 2.05) is 21.7 Å². The zero-order valence-electron chi connectivity index (χ0n) is 14.7. The van der Waals surface area contributed by atoms with E-state index in [2.05, 4.69) is 5.32 Å². The molecule has 7 heteroatoms. The van der Waals surface area contributed by atoms with Gasteiger partial charge in [0.1, 0.15) is 0 Å². The Hall–Kier alpha value is -1.01. The topological polar surface area (TPSA) is 55.9 Å². The minimum absolute atomic E-state index is 0. The summed E-state index contributed by atoms with van der Waals surface area (Å²) in [6.45, 7) is 5.14. The van der Waals surface area contributed by atoms with Crippen LogP contribution in [0.15, 0.2) is 0 Å². The number of amides is 3. The van der Waals surface area contributed by atoms with Crippen LogP contribution in [0, 0.1) is 5.92 Å². The number of rotatable bonds is 2. The Labute approximate surface area is 151 Å². The van der Waals surface area contributed by atoms with Gasteiger partial charge >= 0.3 is 6.03 Å². The van der Waals surface area contributed by atoms with Crippen LogP contribution in [-0.2, 0) is 4.79 Å². The van der Waals surface area contributed by atoms with E-state index >= 15 is 0 Å². The quantitative estimate of drug-likeness (QED) is 0.814. The molecule has 0 aromatic carbocycles. The van der Waals surface area contributed by atoms with Gasteiger partial charge in [-0.2, -0.15) is 0 Å². The molecule has 0 aromatic heterocycles. The van der Waals surface area contributed by atoms with Crippen LogP contribution in [0.4, 0.5) is 4.79 Å². The average Bonchev–Trinajstić information content (AvgIpc) is 3.15. The summed E-state index contributed by atoms with van der Waals surface area (Å²) in [4.78, 5) is 31.2. The normalized spacial score (nSPS) is 25.3. The minimum Gasteiger partial charge on any atom is -0.342 e. The molecule has 138 valence electrons. The molecule has 3 rings (SSSR count). The highest BCUT2D eigenvalue weighted by Gasteiger charge is 2.34. The minimum atomic E-state index is -0.0183. The second-order valence-corrected chi connectivity index (χ2v) is 7.19. The van der Waals surface area contributed by atoms with Gasteiger partial charge in [-0.15, -0.1) is 12.4 Å². The molecule has 0 bridgehead atoms. The van der Waals surface area contributed by atoms with E-state index in [1.54, 1.807) is 0 Å². The predicted molar refractivity (Wildman–Crippen MR) is 96.4 cm³/mol. The van der Waals surface area contributed by atoms with Gasteiger partial charge in [-0.3, -0.25) is 4.79 Å². The lowest BCUT2D eigenvalue weighted by Gasteiger charge is -2.38. The Morgan fingerprint density at radius 3 is 2.25 bits per heavy atom. The van der Waals surface area contributed by atoms with Gasteiger partial charge in [0, 0.05) is 39.3 Å². The van der Waals surface area contributed by atoms with Crippen LogP contribution in [-0.4, -0.2) is 79.0 Å². The van der Waals surface area contributed by atoms with Gasteiger partial charge in [0.2, 0.25) is 5.91 Å². The third kappa shape index (κ3) is 4.33. The molecule has 3 aliphatic rings. The molecule has 0 saturated carbocycles. The largest absolute Gasteiger partial charge is 0.342 e. The molecule has 0 spiro atoms. The van der Waals surface area contributed by atoms with E-state index < -0.39 is 0 Å². The van der Waals surface area contributed by atoms with Gasteiger partial charge in [-0.25, -0.2) is 4.79 Å². The number of urea groups is 1. The maximum Gasteiger partial charge on any atom is 0.320 e. The van der Waals surface area contributed by atoms with Crippen molar-refractivity contribution in [1.82, 2.24) is 20.0 Å². The average molecular weight is 359 g/mol. The van der Waals surface area contributed by atoms with Crippen molar-refractivity contribution < 1.29 is 9.59 Å². The molecular weight excluding hydrogens is 328 g/mol. The van der Waals surface area contributed by atoms with Crippen LogP contribution >= 0.6 is 12.4 Å². The van der Waals surface area contributed by atoms with E-state index in [1.165, 1.54) is 0 Å². The monoisotopic (exact) mass is 358 g/mol. The first kappa shape index (κ1) is 19.3. The number of carbonyl (C=O) groups is 2. The lowest BCUT2D eigenvalue weighted by atomic mass is 9.95. The maximum atomic E-state index is 12.8. The lowest BCUT2D eigenvalue weighted by Crippen LogP contribution is -2.52. The molecule has 0 aliphatic carbocycles. The molecule has 1 atom stereocenters. The molecule has 3 fully saturated rings. The van der Waals surface area contributed by atoms with Gasteiger partial charge < -0.3 is 20.0 Å². The van der Waals surface area contributed by atoms with Crippen LogP contribution in [0.25, 0.3) is 0 Å². The number of nitrogens with one attached hydrogen (secondary N) is 1. The molecule has 1 unspecified atom stereocenters. The fraction of sp³-hybridized carbons (Fsp3) is 0.882. The molecule has 6 nitrogen and oxygen atoms in total. The van der Waals surface area contributed by atoms with Crippen LogP contribution < -0.4 is 5.32 Å². The first-order chi connectivity index (χ1) is 11.2. The Morgan fingerprint density at radius 2 is 1.58 bits per heavy atom. The number of hydrogen-bond acceptors (Lipinski definition) is 3. The predicted octanol–water partition coefficient (Wildman–Crippen LogP) is 1.55. The van der Waals surface area contributed by atoms with Crippen LogP contribution in [0.3, 0.4) is 0 Å². The lowest BCUT2D eigenvalue weighted by molar-refractivity contribution is -0.138. The number of likely N-dealkylation sites (tertiary alicyclic amines) is 2. The molecule has 3 amide bonds. The van der Waals surface area contributed by atoms with Gasteiger partial charge in [0.15, 0.2) is 0 Å². The first-order valence-electron chi connectivity index (χ1n) is 9.18. The number of carbonyl (C=O) groups excluding carboxylic acids is 2. The number of halogens is 1. The third-order valence-electron chi connectivity index (χ3n) is 5.62.